The SMILES string of the molecule is Cc1csc2nc(C(=O)NCc3ccc4c(c3)NC(=O)CO4)[nH]c(=O)c12. The van der Waals surface area contributed by atoms with E-state index in [0.29, 0.717) is 21.7 Å². The molecule has 2 aromatic heterocycles. The van der Waals surface area contributed by atoms with E-state index in [0.717, 1.165) is 11.1 Å². The third kappa shape index (κ3) is 2.93. The summed E-state index contributed by atoms with van der Waals surface area (Å²) in [5.41, 5.74) is 1.85. The predicted molar refractivity (Wildman–Crippen MR) is 96.7 cm³/mol. The highest BCUT2D eigenvalue weighted by Crippen LogP contribution is 2.28. The van der Waals surface area contributed by atoms with Gasteiger partial charge in [0.25, 0.3) is 17.4 Å². The number of nitrogens with zero attached hydrogens (tertiary/aromatic N) is 1. The first kappa shape index (κ1) is 16.3. The number of ether oxygens (including phenoxy) is 1. The molecule has 9 heteroatoms. The van der Waals surface area contributed by atoms with Gasteiger partial charge in [0, 0.05) is 6.54 Å². The largest absolute Gasteiger partial charge is 0.482 e. The molecule has 0 saturated carbocycles. The van der Waals surface area contributed by atoms with Gasteiger partial charge in [-0.05, 0) is 35.6 Å². The number of fused-ring (bicyclic) bond motifs is 2. The van der Waals surface area contributed by atoms with Crippen LogP contribution >= 0.6 is 11.3 Å². The van der Waals surface area contributed by atoms with Crippen LogP contribution in [0.4, 0.5) is 5.69 Å². The minimum atomic E-state index is -0.479. The first-order valence-electron chi connectivity index (χ1n) is 7.83. The Balaban J connectivity index is 1.51. The molecule has 1 aliphatic heterocycles. The number of aryl methyl sites for hydroxylation is 1. The van der Waals surface area contributed by atoms with Crippen molar-refractivity contribution in [1.29, 1.82) is 0 Å². The van der Waals surface area contributed by atoms with Crippen molar-refractivity contribution >= 4 is 39.1 Å². The molecule has 1 aromatic carbocycles. The lowest BCUT2D eigenvalue weighted by Gasteiger charge is -2.18. The summed E-state index contributed by atoms with van der Waals surface area (Å²) < 4.78 is 5.29. The van der Waals surface area contributed by atoms with Crippen LogP contribution in [0.3, 0.4) is 0 Å². The van der Waals surface area contributed by atoms with Crippen molar-refractivity contribution < 1.29 is 14.3 Å². The Bertz CT molecular complexity index is 1100. The third-order valence-electron chi connectivity index (χ3n) is 3.97. The minimum Gasteiger partial charge on any atom is -0.482 e. The van der Waals surface area contributed by atoms with E-state index in [4.69, 9.17) is 4.74 Å². The molecule has 4 rings (SSSR count). The van der Waals surface area contributed by atoms with Crippen LogP contribution in [0.1, 0.15) is 21.7 Å². The average molecular weight is 370 g/mol. The molecule has 0 atom stereocenters. The van der Waals surface area contributed by atoms with E-state index in [-0.39, 0.29) is 30.4 Å². The zero-order chi connectivity index (χ0) is 18.3. The molecule has 26 heavy (non-hydrogen) atoms. The van der Waals surface area contributed by atoms with Gasteiger partial charge in [0.1, 0.15) is 10.6 Å². The van der Waals surface area contributed by atoms with Gasteiger partial charge >= 0.3 is 0 Å². The topological polar surface area (TPSA) is 113 Å². The van der Waals surface area contributed by atoms with Crippen LogP contribution in [0.15, 0.2) is 28.4 Å². The number of hydrogen-bond acceptors (Lipinski definition) is 6. The highest BCUT2D eigenvalue weighted by molar-refractivity contribution is 7.16. The quantitative estimate of drug-likeness (QED) is 0.647. The third-order valence-corrected chi connectivity index (χ3v) is 4.96. The van der Waals surface area contributed by atoms with Crippen LogP contribution < -0.4 is 20.9 Å². The van der Waals surface area contributed by atoms with Crippen molar-refractivity contribution in [1.82, 2.24) is 15.3 Å². The van der Waals surface area contributed by atoms with Crippen LogP contribution in [0.2, 0.25) is 0 Å². The van der Waals surface area contributed by atoms with E-state index in [2.05, 4.69) is 20.6 Å². The smallest absolute Gasteiger partial charge is 0.287 e. The molecular weight excluding hydrogens is 356 g/mol. The lowest BCUT2D eigenvalue weighted by Crippen LogP contribution is -2.28. The summed E-state index contributed by atoms with van der Waals surface area (Å²) in [6.45, 7) is 2.04. The van der Waals surface area contributed by atoms with E-state index < -0.39 is 5.91 Å². The molecular formula is C17H14N4O4S. The minimum absolute atomic E-state index is 0.00716. The van der Waals surface area contributed by atoms with E-state index in [9.17, 15) is 14.4 Å². The number of H-pyrrole nitrogens is 1. The van der Waals surface area contributed by atoms with Gasteiger partial charge in [-0.2, -0.15) is 0 Å². The first-order chi connectivity index (χ1) is 12.5. The van der Waals surface area contributed by atoms with E-state index in [1.54, 1.807) is 18.2 Å². The Morgan fingerprint density at radius 2 is 2.23 bits per heavy atom. The zero-order valence-corrected chi connectivity index (χ0v) is 14.5. The normalized spacial score (nSPS) is 13.0. The van der Waals surface area contributed by atoms with Crippen molar-refractivity contribution in [3.63, 3.8) is 0 Å². The molecule has 0 aliphatic carbocycles. The Morgan fingerprint density at radius 3 is 3.08 bits per heavy atom. The number of amides is 2. The number of benzene rings is 1. The number of carbonyl (C=O) groups excluding carboxylic acids is 2. The fourth-order valence-electron chi connectivity index (χ4n) is 2.70. The fourth-order valence-corrected chi connectivity index (χ4v) is 3.62. The highest BCUT2D eigenvalue weighted by atomic mass is 32.1. The lowest BCUT2D eigenvalue weighted by molar-refractivity contribution is -0.118. The maximum atomic E-state index is 12.3. The van der Waals surface area contributed by atoms with Gasteiger partial charge in [-0.25, -0.2) is 4.98 Å². The summed E-state index contributed by atoms with van der Waals surface area (Å²) in [6.07, 6.45) is 0. The number of nitrogens with one attached hydrogen (secondary N) is 3. The molecule has 3 heterocycles. The second kappa shape index (κ2) is 6.26. The van der Waals surface area contributed by atoms with Gasteiger partial charge in [-0.3, -0.25) is 14.4 Å². The predicted octanol–water partition coefficient (Wildman–Crippen LogP) is 1.55. The molecule has 1 aliphatic rings. The average Bonchev–Trinajstić information content (AvgIpc) is 3.00. The molecule has 0 saturated heterocycles. The molecule has 3 aromatic rings. The Hall–Kier alpha value is -3.20. The Morgan fingerprint density at radius 1 is 1.38 bits per heavy atom. The van der Waals surface area contributed by atoms with Crippen molar-refractivity contribution in [2.75, 3.05) is 11.9 Å². The van der Waals surface area contributed by atoms with Gasteiger partial charge in [-0.1, -0.05) is 6.07 Å². The molecule has 0 unspecified atom stereocenters. The van der Waals surface area contributed by atoms with Crippen LogP contribution in [-0.2, 0) is 11.3 Å². The first-order valence-corrected chi connectivity index (χ1v) is 8.71. The molecule has 2 amide bonds. The van der Waals surface area contributed by atoms with Crippen LogP contribution in [0.25, 0.3) is 10.2 Å². The van der Waals surface area contributed by atoms with Gasteiger partial charge < -0.3 is 20.4 Å². The van der Waals surface area contributed by atoms with Crippen molar-refractivity contribution in [2.45, 2.75) is 13.5 Å². The summed E-state index contributed by atoms with van der Waals surface area (Å²) >= 11 is 1.32. The Kier molecular flexibility index (Phi) is 3.92. The lowest BCUT2D eigenvalue weighted by atomic mass is 10.1. The van der Waals surface area contributed by atoms with E-state index in [1.807, 2.05) is 12.3 Å². The fraction of sp³-hybridized carbons (Fsp3) is 0.176. The maximum absolute atomic E-state index is 12.3. The highest BCUT2D eigenvalue weighted by Gasteiger charge is 2.17. The number of carbonyl (C=O) groups is 2. The molecule has 132 valence electrons. The van der Waals surface area contributed by atoms with Crippen LogP contribution in [-0.4, -0.2) is 28.4 Å². The number of thiophene rings is 1. The van der Waals surface area contributed by atoms with Gasteiger partial charge in [0.2, 0.25) is 5.82 Å². The molecule has 0 bridgehead atoms. The zero-order valence-electron chi connectivity index (χ0n) is 13.7. The van der Waals surface area contributed by atoms with Crippen molar-refractivity contribution in [3.05, 3.63) is 50.9 Å². The second-order valence-electron chi connectivity index (χ2n) is 5.86. The number of aromatic amines is 1. The molecule has 0 fully saturated rings. The van der Waals surface area contributed by atoms with Gasteiger partial charge in [0.15, 0.2) is 6.61 Å². The van der Waals surface area contributed by atoms with Crippen molar-refractivity contribution in [3.8, 4) is 5.75 Å². The van der Waals surface area contributed by atoms with E-state index >= 15 is 0 Å². The standard InChI is InChI=1S/C17H14N4O4S/c1-8-7-26-17-13(8)15(23)20-14(21-17)16(24)18-5-9-2-3-11-10(4-9)19-12(22)6-25-11/h2-4,7H,5-6H2,1H3,(H,18,24)(H,19,22)(H,20,21,23). The molecule has 3 N–H and O–H groups in total. The summed E-state index contributed by atoms with van der Waals surface area (Å²) in [6, 6.07) is 5.25. The van der Waals surface area contributed by atoms with Crippen LogP contribution in [0, 0.1) is 6.92 Å². The summed E-state index contributed by atoms with van der Waals surface area (Å²) in [5.74, 6) is -0.142. The summed E-state index contributed by atoms with van der Waals surface area (Å²) in [4.78, 5) is 43.1. The molecule has 0 radical (unpaired) electrons. The maximum Gasteiger partial charge on any atom is 0.287 e. The van der Waals surface area contributed by atoms with Gasteiger partial charge in [0.05, 0.1) is 11.1 Å². The number of hydrogen-bond donors (Lipinski definition) is 3. The van der Waals surface area contributed by atoms with Gasteiger partial charge in [-0.15, -0.1) is 11.3 Å². The van der Waals surface area contributed by atoms with E-state index in [1.165, 1.54) is 11.3 Å². The Labute approximate surface area is 151 Å². The van der Waals surface area contributed by atoms with Crippen LogP contribution in [0.5, 0.6) is 5.75 Å². The molecule has 8 nitrogen and oxygen atoms in total. The number of aromatic nitrogens is 2. The summed E-state index contributed by atoms with van der Waals surface area (Å²) in [5, 5.41) is 7.77. The van der Waals surface area contributed by atoms with Crippen molar-refractivity contribution in [2.24, 2.45) is 0 Å². The summed E-state index contributed by atoms with van der Waals surface area (Å²) in [7, 11) is 0. The number of rotatable bonds is 3. The number of anilines is 1. The monoisotopic (exact) mass is 370 g/mol. The molecule has 0 spiro atoms. The second-order valence-corrected chi connectivity index (χ2v) is 6.72.